The van der Waals surface area contributed by atoms with Crippen molar-refractivity contribution in [2.24, 2.45) is 0 Å². The molecule has 1 aliphatic rings. The maximum atomic E-state index is 9.54. The molecule has 0 bridgehead atoms. The zero-order valence-electron chi connectivity index (χ0n) is 23.7. The summed E-state index contributed by atoms with van der Waals surface area (Å²) in [7, 11) is 0. The van der Waals surface area contributed by atoms with Crippen LogP contribution in [-0.4, -0.2) is 43.7 Å². The van der Waals surface area contributed by atoms with E-state index in [2.05, 4.69) is 86.0 Å². The molecule has 0 aromatic heterocycles. The Labute approximate surface area is 247 Å². The van der Waals surface area contributed by atoms with Crippen LogP contribution in [0.1, 0.15) is 27.8 Å². The molecule has 2 N–H and O–H groups in total. The third-order valence-corrected chi connectivity index (χ3v) is 7.47. The normalized spacial score (nSPS) is 13.4. The van der Waals surface area contributed by atoms with Crippen molar-refractivity contribution in [2.45, 2.75) is 18.6 Å². The number of aliphatic hydroxyl groups excluding tert-OH is 1. The molecule has 0 saturated carbocycles. The van der Waals surface area contributed by atoms with E-state index in [-0.39, 0.29) is 19.1 Å². The summed E-state index contributed by atoms with van der Waals surface area (Å²) in [6, 6.07) is 31.8. The van der Waals surface area contributed by atoms with E-state index in [0.29, 0.717) is 13.2 Å². The monoisotopic (exact) mass is 561 g/mol. The SMILES string of the molecule is C=CC(=N)OCCOc1ccc(C2(c3ccc(OCCOC(O)C=C)c(C)c3)c3ccccc3-c3ccccc32)cc1. The van der Waals surface area contributed by atoms with Gasteiger partial charge in [0.25, 0.3) is 0 Å². The number of rotatable bonds is 13. The molecule has 214 valence electrons. The number of benzene rings is 4. The second-order valence-corrected chi connectivity index (χ2v) is 9.96. The highest BCUT2D eigenvalue weighted by Crippen LogP contribution is 2.56. The predicted octanol–water partition coefficient (Wildman–Crippen LogP) is 6.82. The summed E-state index contributed by atoms with van der Waals surface area (Å²) >= 11 is 0. The number of hydrogen-bond acceptors (Lipinski definition) is 6. The molecule has 0 aliphatic heterocycles. The van der Waals surface area contributed by atoms with Crippen molar-refractivity contribution in [1.29, 1.82) is 5.41 Å². The second kappa shape index (κ2) is 12.9. The standard InChI is InChI=1S/C36H35NO5/c1-4-34(37)41-22-20-39-28-17-14-26(15-18-28)36(31-12-8-6-10-29(31)30-11-7-9-13-32(30)36)27-16-19-33(25(3)24-27)40-21-23-42-35(38)5-2/h4-19,24,35,37-38H,1-2,20-23H2,3H3. The van der Waals surface area contributed by atoms with Gasteiger partial charge in [0.1, 0.15) is 31.3 Å². The molecular formula is C36H35NO5. The molecular weight excluding hydrogens is 526 g/mol. The average Bonchev–Trinajstić information content (AvgIpc) is 3.33. The first-order valence-corrected chi connectivity index (χ1v) is 13.9. The minimum absolute atomic E-state index is 0.0287. The second-order valence-electron chi connectivity index (χ2n) is 9.96. The largest absolute Gasteiger partial charge is 0.491 e. The van der Waals surface area contributed by atoms with Gasteiger partial charge in [0, 0.05) is 0 Å². The van der Waals surface area contributed by atoms with Crippen LogP contribution in [0.4, 0.5) is 0 Å². The van der Waals surface area contributed by atoms with Crippen molar-refractivity contribution in [2.75, 3.05) is 26.4 Å². The van der Waals surface area contributed by atoms with Crippen molar-refractivity contribution >= 4 is 5.90 Å². The lowest BCUT2D eigenvalue weighted by molar-refractivity contribution is -0.0712. The zero-order chi connectivity index (χ0) is 29.5. The number of nitrogens with one attached hydrogen (secondary N) is 1. The predicted molar refractivity (Wildman–Crippen MR) is 166 cm³/mol. The Hall–Kier alpha value is -4.65. The van der Waals surface area contributed by atoms with Crippen LogP contribution in [-0.2, 0) is 14.9 Å². The Balaban J connectivity index is 1.51. The average molecular weight is 562 g/mol. The highest BCUT2D eigenvalue weighted by Gasteiger charge is 2.46. The van der Waals surface area contributed by atoms with Crippen molar-refractivity contribution in [1.82, 2.24) is 0 Å². The summed E-state index contributed by atoms with van der Waals surface area (Å²) in [5, 5.41) is 17.1. The molecule has 5 rings (SSSR count). The van der Waals surface area contributed by atoms with Crippen molar-refractivity contribution in [3.8, 4) is 22.6 Å². The van der Waals surface area contributed by atoms with E-state index in [1.165, 1.54) is 34.4 Å². The molecule has 0 heterocycles. The molecule has 1 unspecified atom stereocenters. The topological polar surface area (TPSA) is 81.0 Å². The Bertz CT molecular complexity index is 1530. The number of aliphatic hydroxyl groups is 1. The summed E-state index contributed by atoms with van der Waals surface area (Å²) in [6.45, 7) is 10.2. The molecule has 0 fully saturated rings. The molecule has 6 nitrogen and oxygen atoms in total. The van der Waals surface area contributed by atoms with Crippen LogP contribution in [0.15, 0.2) is 116 Å². The van der Waals surface area contributed by atoms with Gasteiger partial charge in [-0.15, -0.1) is 0 Å². The summed E-state index contributed by atoms with van der Waals surface area (Å²) in [5.74, 6) is 1.52. The number of fused-ring (bicyclic) bond motifs is 3. The van der Waals surface area contributed by atoms with E-state index in [1.807, 2.05) is 25.1 Å². The van der Waals surface area contributed by atoms with Crippen molar-refractivity contribution in [3.63, 3.8) is 0 Å². The van der Waals surface area contributed by atoms with E-state index in [1.54, 1.807) is 0 Å². The third-order valence-electron chi connectivity index (χ3n) is 7.47. The van der Waals surface area contributed by atoms with E-state index in [0.717, 1.165) is 28.2 Å². The van der Waals surface area contributed by atoms with Gasteiger partial charge in [-0.25, -0.2) is 0 Å². The van der Waals surface area contributed by atoms with Gasteiger partial charge in [0.2, 0.25) is 5.90 Å². The van der Waals surface area contributed by atoms with Crippen LogP contribution >= 0.6 is 0 Å². The number of ether oxygens (including phenoxy) is 4. The first-order chi connectivity index (χ1) is 20.5. The fourth-order valence-corrected chi connectivity index (χ4v) is 5.63. The molecule has 4 aromatic carbocycles. The minimum Gasteiger partial charge on any atom is -0.491 e. The van der Waals surface area contributed by atoms with Gasteiger partial charge in [0.05, 0.1) is 12.0 Å². The molecule has 0 radical (unpaired) electrons. The van der Waals surface area contributed by atoms with Gasteiger partial charge in [-0.3, -0.25) is 5.41 Å². The zero-order valence-corrected chi connectivity index (χ0v) is 23.7. The van der Waals surface area contributed by atoms with Gasteiger partial charge in [0.15, 0.2) is 6.29 Å². The lowest BCUT2D eigenvalue weighted by atomic mass is 9.67. The summed E-state index contributed by atoms with van der Waals surface area (Å²) in [6.07, 6.45) is 1.69. The van der Waals surface area contributed by atoms with Gasteiger partial charge in [-0.2, -0.15) is 0 Å². The highest BCUT2D eigenvalue weighted by atomic mass is 16.6. The molecule has 4 aromatic rings. The first kappa shape index (κ1) is 28.9. The van der Waals surface area contributed by atoms with E-state index >= 15 is 0 Å². The molecule has 0 amide bonds. The Morgan fingerprint density at radius 2 is 1.43 bits per heavy atom. The van der Waals surface area contributed by atoms with E-state index < -0.39 is 11.7 Å². The van der Waals surface area contributed by atoms with Crippen LogP contribution in [0.25, 0.3) is 11.1 Å². The lowest BCUT2D eigenvalue weighted by Crippen LogP contribution is -2.28. The lowest BCUT2D eigenvalue weighted by Gasteiger charge is -2.34. The van der Waals surface area contributed by atoms with Crippen LogP contribution in [0.2, 0.25) is 0 Å². The fourth-order valence-electron chi connectivity index (χ4n) is 5.63. The van der Waals surface area contributed by atoms with Crippen molar-refractivity contribution < 1.29 is 24.1 Å². The maximum Gasteiger partial charge on any atom is 0.205 e. The minimum atomic E-state index is -1.00. The smallest absolute Gasteiger partial charge is 0.205 e. The third kappa shape index (κ3) is 5.59. The Kier molecular flexibility index (Phi) is 8.86. The molecule has 42 heavy (non-hydrogen) atoms. The van der Waals surface area contributed by atoms with Gasteiger partial charge in [-0.1, -0.05) is 86.0 Å². The van der Waals surface area contributed by atoms with Crippen molar-refractivity contribution in [3.05, 3.63) is 144 Å². The molecule has 0 saturated heterocycles. The molecule has 0 spiro atoms. The molecule has 1 aliphatic carbocycles. The summed E-state index contributed by atoms with van der Waals surface area (Å²) < 4.78 is 22.4. The Morgan fingerprint density at radius 1 is 0.810 bits per heavy atom. The molecule has 1 atom stereocenters. The maximum absolute atomic E-state index is 9.54. The van der Waals surface area contributed by atoms with E-state index in [9.17, 15) is 5.11 Å². The van der Waals surface area contributed by atoms with E-state index in [4.69, 9.17) is 24.4 Å². The van der Waals surface area contributed by atoms with Gasteiger partial charge in [-0.05, 0) is 76.2 Å². The highest BCUT2D eigenvalue weighted by molar-refractivity contribution is 5.86. The fraction of sp³-hybridized carbons (Fsp3) is 0.194. The van der Waals surface area contributed by atoms with Crippen LogP contribution in [0.5, 0.6) is 11.5 Å². The number of aryl methyl sites for hydroxylation is 1. The van der Waals surface area contributed by atoms with Crippen LogP contribution in [0.3, 0.4) is 0 Å². The van der Waals surface area contributed by atoms with Gasteiger partial charge < -0.3 is 24.1 Å². The quantitative estimate of drug-likeness (QED) is 0.0542. The first-order valence-electron chi connectivity index (χ1n) is 13.9. The van der Waals surface area contributed by atoms with Crippen LogP contribution < -0.4 is 9.47 Å². The number of hydrogen-bond donors (Lipinski definition) is 2. The molecule has 6 heteroatoms. The summed E-state index contributed by atoms with van der Waals surface area (Å²) in [5.41, 5.74) is 7.58. The Morgan fingerprint density at radius 3 is 2.05 bits per heavy atom. The van der Waals surface area contributed by atoms with Crippen LogP contribution in [0, 0.1) is 12.3 Å². The van der Waals surface area contributed by atoms with Gasteiger partial charge >= 0.3 is 0 Å². The summed E-state index contributed by atoms with van der Waals surface area (Å²) in [4.78, 5) is 0.